The number of carbonyl (C=O) groups is 2. The SMILES string of the molecule is CNCCc1ccc2c(c1)CC(=O)N2C(=O)O. The van der Waals surface area contributed by atoms with Crippen molar-refractivity contribution in [2.45, 2.75) is 12.8 Å². The summed E-state index contributed by atoms with van der Waals surface area (Å²) in [7, 11) is 1.88. The molecule has 0 aromatic heterocycles. The van der Waals surface area contributed by atoms with Crippen LogP contribution in [0.3, 0.4) is 0 Å². The molecule has 0 fully saturated rings. The largest absolute Gasteiger partial charge is 0.464 e. The standard InChI is InChI=1S/C12H14N2O3/c1-13-5-4-8-2-3-10-9(6-8)7-11(15)14(10)12(16)17/h2-3,6,13H,4-5,7H2,1H3,(H,16,17). The van der Waals surface area contributed by atoms with E-state index in [2.05, 4.69) is 5.32 Å². The van der Waals surface area contributed by atoms with E-state index in [0.717, 1.165) is 29.0 Å². The molecule has 5 heteroatoms. The van der Waals surface area contributed by atoms with E-state index in [1.165, 1.54) is 0 Å². The second-order valence-electron chi connectivity index (χ2n) is 4.01. The van der Waals surface area contributed by atoms with Crippen LogP contribution in [-0.2, 0) is 17.6 Å². The van der Waals surface area contributed by atoms with Gasteiger partial charge in [0.2, 0.25) is 5.91 Å². The highest BCUT2D eigenvalue weighted by Crippen LogP contribution is 2.29. The lowest BCUT2D eigenvalue weighted by Gasteiger charge is -2.11. The Morgan fingerprint density at radius 1 is 1.53 bits per heavy atom. The molecular formula is C12H14N2O3. The van der Waals surface area contributed by atoms with Gasteiger partial charge in [0, 0.05) is 0 Å². The van der Waals surface area contributed by atoms with Gasteiger partial charge in [-0.3, -0.25) is 4.79 Å². The van der Waals surface area contributed by atoms with Gasteiger partial charge >= 0.3 is 6.09 Å². The number of fused-ring (bicyclic) bond motifs is 1. The molecule has 0 aliphatic carbocycles. The predicted octanol–water partition coefficient (Wildman–Crippen LogP) is 1.02. The summed E-state index contributed by atoms with van der Waals surface area (Å²) in [6.45, 7) is 0.857. The summed E-state index contributed by atoms with van der Waals surface area (Å²) in [6.07, 6.45) is -0.170. The predicted molar refractivity (Wildman–Crippen MR) is 63.3 cm³/mol. The van der Waals surface area contributed by atoms with E-state index in [1.54, 1.807) is 6.07 Å². The van der Waals surface area contributed by atoms with Crippen LogP contribution in [0, 0.1) is 0 Å². The number of rotatable bonds is 3. The summed E-state index contributed by atoms with van der Waals surface area (Å²) >= 11 is 0. The number of carboxylic acid groups (broad SMARTS) is 1. The number of likely N-dealkylation sites (N-methyl/N-ethyl adjacent to an activating group) is 1. The smallest absolute Gasteiger partial charge is 0.418 e. The first-order valence-corrected chi connectivity index (χ1v) is 5.45. The number of benzene rings is 1. The van der Waals surface area contributed by atoms with Crippen LogP contribution in [0.25, 0.3) is 0 Å². The maximum absolute atomic E-state index is 11.5. The summed E-state index contributed by atoms with van der Waals surface area (Å²) in [5.74, 6) is -0.377. The number of amides is 2. The Morgan fingerprint density at radius 3 is 2.94 bits per heavy atom. The summed E-state index contributed by atoms with van der Waals surface area (Å²) in [4.78, 5) is 23.3. The van der Waals surface area contributed by atoms with Crippen LogP contribution in [0.1, 0.15) is 11.1 Å². The quantitative estimate of drug-likeness (QED) is 0.819. The molecule has 2 rings (SSSR count). The number of imide groups is 1. The van der Waals surface area contributed by atoms with Gasteiger partial charge in [0.05, 0.1) is 12.1 Å². The third-order valence-electron chi connectivity index (χ3n) is 2.83. The van der Waals surface area contributed by atoms with Crippen molar-refractivity contribution in [1.29, 1.82) is 0 Å². The molecule has 1 aromatic rings. The van der Waals surface area contributed by atoms with Crippen molar-refractivity contribution < 1.29 is 14.7 Å². The number of anilines is 1. The van der Waals surface area contributed by atoms with Crippen LogP contribution in [0.4, 0.5) is 10.5 Å². The van der Waals surface area contributed by atoms with Gasteiger partial charge in [0.25, 0.3) is 0 Å². The third-order valence-corrected chi connectivity index (χ3v) is 2.83. The van der Waals surface area contributed by atoms with Crippen molar-refractivity contribution in [2.24, 2.45) is 0 Å². The third kappa shape index (κ3) is 2.14. The van der Waals surface area contributed by atoms with Crippen molar-refractivity contribution in [1.82, 2.24) is 5.32 Å². The van der Waals surface area contributed by atoms with E-state index in [4.69, 9.17) is 5.11 Å². The number of hydrogen-bond acceptors (Lipinski definition) is 3. The molecule has 1 heterocycles. The zero-order valence-electron chi connectivity index (χ0n) is 9.56. The molecule has 0 saturated carbocycles. The van der Waals surface area contributed by atoms with Crippen LogP contribution in [-0.4, -0.2) is 30.7 Å². The van der Waals surface area contributed by atoms with Crippen LogP contribution in [0.5, 0.6) is 0 Å². The zero-order chi connectivity index (χ0) is 12.4. The molecule has 1 aliphatic heterocycles. The fourth-order valence-electron chi connectivity index (χ4n) is 2.01. The van der Waals surface area contributed by atoms with E-state index in [0.29, 0.717) is 5.69 Å². The Kier molecular flexibility index (Phi) is 3.10. The summed E-state index contributed by atoms with van der Waals surface area (Å²) in [5, 5.41) is 12.0. The average Bonchev–Trinajstić information content (AvgIpc) is 2.61. The fraction of sp³-hybridized carbons (Fsp3) is 0.333. The lowest BCUT2D eigenvalue weighted by Crippen LogP contribution is -2.31. The van der Waals surface area contributed by atoms with Crippen LogP contribution in [0.2, 0.25) is 0 Å². The Labute approximate surface area is 99.0 Å². The van der Waals surface area contributed by atoms with E-state index in [1.807, 2.05) is 19.2 Å². The average molecular weight is 234 g/mol. The summed E-state index contributed by atoms with van der Waals surface area (Å²) in [5.41, 5.74) is 2.40. The summed E-state index contributed by atoms with van der Waals surface area (Å²) in [6, 6.07) is 5.48. The fourth-order valence-corrected chi connectivity index (χ4v) is 2.01. The maximum atomic E-state index is 11.5. The monoisotopic (exact) mass is 234 g/mol. The zero-order valence-corrected chi connectivity index (χ0v) is 9.56. The Bertz CT molecular complexity index is 471. The topological polar surface area (TPSA) is 69.6 Å². The highest BCUT2D eigenvalue weighted by atomic mass is 16.4. The maximum Gasteiger partial charge on any atom is 0.418 e. The first-order valence-electron chi connectivity index (χ1n) is 5.45. The lowest BCUT2D eigenvalue weighted by atomic mass is 10.1. The first-order chi connectivity index (χ1) is 8.13. The van der Waals surface area contributed by atoms with Gasteiger partial charge in [0.15, 0.2) is 0 Å². The van der Waals surface area contributed by atoms with Crippen molar-refractivity contribution in [3.05, 3.63) is 29.3 Å². The first kappa shape index (κ1) is 11.6. The highest BCUT2D eigenvalue weighted by Gasteiger charge is 2.32. The second-order valence-corrected chi connectivity index (χ2v) is 4.01. The Morgan fingerprint density at radius 2 is 2.29 bits per heavy atom. The van der Waals surface area contributed by atoms with Gasteiger partial charge in [-0.15, -0.1) is 0 Å². The Balaban J connectivity index is 2.28. The molecule has 90 valence electrons. The normalized spacial score (nSPS) is 13.9. The minimum Gasteiger partial charge on any atom is -0.464 e. The molecule has 0 atom stereocenters. The van der Waals surface area contributed by atoms with Crippen LogP contribution < -0.4 is 10.2 Å². The molecule has 5 nitrogen and oxygen atoms in total. The van der Waals surface area contributed by atoms with Gasteiger partial charge < -0.3 is 10.4 Å². The van der Waals surface area contributed by atoms with Crippen molar-refractivity contribution >= 4 is 17.7 Å². The molecule has 1 aromatic carbocycles. The minimum absolute atomic E-state index is 0.176. The van der Waals surface area contributed by atoms with E-state index in [-0.39, 0.29) is 12.3 Å². The number of hydrogen-bond donors (Lipinski definition) is 2. The van der Waals surface area contributed by atoms with E-state index in [9.17, 15) is 9.59 Å². The van der Waals surface area contributed by atoms with Gasteiger partial charge in [-0.25, -0.2) is 9.69 Å². The van der Waals surface area contributed by atoms with Crippen molar-refractivity contribution in [3.63, 3.8) is 0 Å². The van der Waals surface area contributed by atoms with Gasteiger partial charge in [0.1, 0.15) is 0 Å². The molecule has 0 unspecified atom stereocenters. The molecule has 2 N–H and O–H groups in total. The number of nitrogens with one attached hydrogen (secondary N) is 1. The molecule has 0 saturated heterocycles. The van der Waals surface area contributed by atoms with E-state index >= 15 is 0 Å². The molecule has 1 aliphatic rings. The summed E-state index contributed by atoms with van der Waals surface area (Å²) < 4.78 is 0. The molecule has 0 spiro atoms. The van der Waals surface area contributed by atoms with Crippen LogP contribution >= 0.6 is 0 Å². The lowest BCUT2D eigenvalue weighted by molar-refractivity contribution is -0.116. The van der Waals surface area contributed by atoms with Gasteiger partial charge in [-0.1, -0.05) is 12.1 Å². The molecule has 0 radical (unpaired) electrons. The molecule has 2 amide bonds. The highest BCUT2D eigenvalue weighted by molar-refractivity contribution is 6.16. The molecule has 17 heavy (non-hydrogen) atoms. The van der Waals surface area contributed by atoms with Crippen molar-refractivity contribution in [3.8, 4) is 0 Å². The second kappa shape index (κ2) is 4.55. The minimum atomic E-state index is -1.21. The number of nitrogens with zero attached hydrogens (tertiary/aromatic N) is 1. The van der Waals surface area contributed by atoms with E-state index < -0.39 is 6.09 Å². The number of carbonyl (C=O) groups excluding carboxylic acids is 1. The molecular weight excluding hydrogens is 220 g/mol. The van der Waals surface area contributed by atoms with Gasteiger partial charge in [-0.2, -0.15) is 0 Å². The van der Waals surface area contributed by atoms with Crippen molar-refractivity contribution in [2.75, 3.05) is 18.5 Å². The Hall–Kier alpha value is -1.88. The van der Waals surface area contributed by atoms with Gasteiger partial charge in [-0.05, 0) is 37.2 Å². The van der Waals surface area contributed by atoms with Crippen LogP contribution in [0.15, 0.2) is 18.2 Å². The molecule has 0 bridgehead atoms.